The molecule has 2 rings (SSSR count). The second-order valence-electron chi connectivity index (χ2n) is 3.09. The fourth-order valence-corrected chi connectivity index (χ4v) is 1.16. The topological polar surface area (TPSA) is 59.8 Å². The maximum atomic E-state index is 11.7. The zero-order valence-corrected chi connectivity index (χ0v) is 8.21. The summed E-state index contributed by atoms with van der Waals surface area (Å²) in [6.07, 6.45) is 1.53. The van der Waals surface area contributed by atoms with Crippen LogP contribution in [0.3, 0.4) is 0 Å². The monoisotopic (exact) mass is 202 g/mol. The van der Waals surface area contributed by atoms with Crippen molar-refractivity contribution in [2.24, 2.45) is 7.05 Å². The molecule has 0 aliphatic heterocycles. The van der Waals surface area contributed by atoms with Crippen LogP contribution in [-0.4, -0.2) is 20.7 Å². The van der Waals surface area contributed by atoms with Gasteiger partial charge in [-0.2, -0.15) is 0 Å². The minimum Gasteiger partial charge on any atom is -0.303 e. The van der Waals surface area contributed by atoms with Crippen LogP contribution in [0.15, 0.2) is 36.7 Å². The predicted molar refractivity (Wildman–Crippen MR) is 55.4 cm³/mol. The van der Waals surface area contributed by atoms with E-state index in [1.54, 1.807) is 23.7 Å². The molecule has 1 N–H and O–H groups in total. The van der Waals surface area contributed by atoms with Crippen molar-refractivity contribution < 1.29 is 4.79 Å². The summed E-state index contributed by atoms with van der Waals surface area (Å²) in [7, 11) is 1.76. The number of carbonyl (C=O) groups is 1. The summed E-state index contributed by atoms with van der Waals surface area (Å²) in [6.45, 7) is 0. The Labute approximate surface area is 86.8 Å². The molecule has 0 atom stereocenters. The number of rotatable bonds is 2. The van der Waals surface area contributed by atoms with Crippen molar-refractivity contribution in [3.05, 3.63) is 42.2 Å². The number of hydrogen-bond acceptors (Lipinski definition) is 3. The summed E-state index contributed by atoms with van der Waals surface area (Å²) >= 11 is 0. The van der Waals surface area contributed by atoms with Gasteiger partial charge in [0, 0.05) is 12.6 Å². The van der Waals surface area contributed by atoms with Crippen molar-refractivity contribution in [3.63, 3.8) is 0 Å². The van der Waals surface area contributed by atoms with E-state index in [4.69, 9.17) is 0 Å². The molecule has 0 spiro atoms. The van der Waals surface area contributed by atoms with Gasteiger partial charge in [0.05, 0.1) is 0 Å². The van der Waals surface area contributed by atoms with E-state index < -0.39 is 0 Å². The van der Waals surface area contributed by atoms with Gasteiger partial charge in [-0.1, -0.05) is 18.2 Å². The number of benzene rings is 1. The zero-order chi connectivity index (χ0) is 10.7. The van der Waals surface area contributed by atoms with Crippen LogP contribution in [0, 0.1) is 0 Å². The van der Waals surface area contributed by atoms with Gasteiger partial charge in [-0.15, -0.1) is 10.2 Å². The van der Waals surface area contributed by atoms with Crippen LogP contribution >= 0.6 is 0 Å². The fourth-order valence-electron chi connectivity index (χ4n) is 1.16. The smallest absolute Gasteiger partial charge is 0.258 e. The van der Waals surface area contributed by atoms with Crippen molar-refractivity contribution in [1.82, 2.24) is 14.8 Å². The molecule has 15 heavy (non-hydrogen) atoms. The number of aryl methyl sites for hydroxylation is 1. The molecule has 0 radical (unpaired) electrons. The molecule has 1 aromatic carbocycles. The van der Waals surface area contributed by atoms with Crippen LogP contribution in [0.1, 0.15) is 10.4 Å². The minimum atomic E-state index is -0.188. The van der Waals surface area contributed by atoms with Crippen molar-refractivity contribution >= 4 is 11.9 Å². The van der Waals surface area contributed by atoms with E-state index in [-0.39, 0.29) is 5.91 Å². The highest BCUT2D eigenvalue weighted by Gasteiger charge is 2.07. The van der Waals surface area contributed by atoms with Crippen LogP contribution in [0.2, 0.25) is 0 Å². The van der Waals surface area contributed by atoms with Crippen LogP contribution < -0.4 is 5.32 Å². The standard InChI is InChI=1S/C10H10N4O/c1-14-7-11-13-10(14)12-9(15)8-5-3-2-4-6-8/h2-7H,1H3,(H,12,13,15). The van der Waals surface area contributed by atoms with Crippen molar-refractivity contribution in [2.45, 2.75) is 0 Å². The van der Waals surface area contributed by atoms with E-state index in [0.717, 1.165) is 0 Å². The lowest BCUT2D eigenvalue weighted by molar-refractivity contribution is 0.102. The molecule has 0 bridgehead atoms. The van der Waals surface area contributed by atoms with Gasteiger partial charge in [0.2, 0.25) is 5.95 Å². The number of carbonyl (C=O) groups excluding carboxylic acids is 1. The minimum absolute atomic E-state index is 0.188. The molecule has 0 unspecified atom stereocenters. The summed E-state index contributed by atoms with van der Waals surface area (Å²) in [5, 5.41) is 10.1. The lowest BCUT2D eigenvalue weighted by Crippen LogP contribution is -2.14. The molecule has 5 heteroatoms. The lowest BCUT2D eigenvalue weighted by atomic mass is 10.2. The van der Waals surface area contributed by atoms with Gasteiger partial charge >= 0.3 is 0 Å². The average Bonchev–Trinajstić information content (AvgIpc) is 2.66. The van der Waals surface area contributed by atoms with E-state index in [2.05, 4.69) is 15.5 Å². The van der Waals surface area contributed by atoms with Gasteiger partial charge in [0.1, 0.15) is 6.33 Å². The summed E-state index contributed by atoms with van der Waals surface area (Å²) in [5.41, 5.74) is 0.598. The van der Waals surface area contributed by atoms with Gasteiger partial charge in [-0.05, 0) is 12.1 Å². The first kappa shape index (κ1) is 9.39. The lowest BCUT2D eigenvalue weighted by Gasteiger charge is -2.02. The Kier molecular flexibility index (Phi) is 2.45. The Balaban J connectivity index is 2.15. The van der Waals surface area contributed by atoms with Crippen molar-refractivity contribution in [1.29, 1.82) is 0 Å². The average molecular weight is 202 g/mol. The molecular formula is C10H10N4O. The number of nitrogens with one attached hydrogen (secondary N) is 1. The van der Waals surface area contributed by atoms with E-state index in [9.17, 15) is 4.79 Å². The fraction of sp³-hybridized carbons (Fsp3) is 0.100. The first-order valence-electron chi connectivity index (χ1n) is 4.48. The molecule has 0 saturated carbocycles. The third-order valence-corrected chi connectivity index (χ3v) is 1.97. The molecule has 0 aliphatic rings. The summed E-state index contributed by atoms with van der Waals surface area (Å²) in [6, 6.07) is 8.97. The molecule has 0 fully saturated rings. The Morgan fingerprint density at radius 2 is 2.07 bits per heavy atom. The predicted octanol–water partition coefficient (Wildman–Crippen LogP) is 1.07. The Morgan fingerprint density at radius 1 is 1.33 bits per heavy atom. The second kappa shape index (κ2) is 3.91. The van der Waals surface area contributed by atoms with Crippen LogP contribution in [-0.2, 0) is 7.05 Å². The number of amides is 1. The van der Waals surface area contributed by atoms with Gasteiger partial charge in [-0.3, -0.25) is 10.1 Å². The molecular weight excluding hydrogens is 192 g/mol. The van der Waals surface area contributed by atoms with Crippen molar-refractivity contribution in [2.75, 3.05) is 5.32 Å². The summed E-state index contributed by atoms with van der Waals surface area (Å²) in [5.74, 6) is 0.246. The third-order valence-electron chi connectivity index (χ3n) is 1.97. The Morgan fingerprint density at radius 3 is 2.67 bits per heavy atom. The second-order valence-corrected chi connectivity index (χ2v) is 3.09. The highest BCUT2D eigenvalue weighted by molar-refractivity contribution is 6.03. The van der Waals surface area contributed by atoms with Gasteiger partial charge in [0.25, 0.3) is 5.91 Å². The number of anilines is 1. The van der Waals surface area contributed by atoms with E-state index in [1.165, 1.54) is 6.33 Å². The zero-order valence-electron chi connectivity index (χ0n) is 8.21. The SMILES string of the molecule is Cn1cnnc1NC(=O)c1ccccc1. The quantitative estimate of drug-likeness (QED) is 0.792. The molecule has 5 nitrogen and oxygen atoms in total. The van der Waals surface area contributed by atoms with Gasteiger partial charge in [0.15, 0.2) is 0 Å². The van der Waals surface area contributed by atoms with Gasteiger partial charge < -0.3 is 4.57 Å². The molecule has 1 amide bonds. The van der Waals surface area contributed by atoms with Crippen LogP contribution in [0.5, 0.6) is 0 Å². The first-order valence-corrected chi connectivity index (χ1v) is 4.48. The maximum Gasteiger partial charge on any atom is 0.258 e. The highest BCUT2D eigenvalue weighted by atomic mass is 16.1. The molecule has 1 heterocycles. The Bertz CT molecular complexity index is 463. The van der Waals surface area contributed by atoms with Crippen LogP contribution in [0.25, 0.3) is 0 Å². The van der Waals surface area contributed by atoms with E-state index in [1.807, 2.05) is 18.2 Å². The third kappa shape index (κ3) is 2.01. The van der Waals surface area contributed by atoms with Gasteiger partial charge in [-0.25, -0.2) is 0 Å². The number of aromatic nitrogens is 3. The first-order chi connectivity index (χ1) is 7.27. The van der Waals surface area contributed by atoms with E-state index in [0.29, 0.717) is 11.5 Å². The summed E-state index contributed by atoms with van der Waals surface area (Å²) in [4.78, 5) is 11.7. The van der Waals surface area contributed by atoms with Crippen LogP contribution in [0.4, 0.5) is 5.95 Å². The molecule has 0 saturated heterocycles. The van der Waals surface area contributed by atoms with Crippen molar-refractivity contribution in [3.8, 4) is 0 Å². The number of nitrogens with zero attached hydrogens (tertiary/aromatic N) is 3. The van der Waals surface area contributed by atoms with E-state index >= 15 is 0 Å². The molecule has 1 aromatic heterocycles. The summed E-state index contributed by atoms with van der Waals surface area (Å²) < 4.78 is 1.64. The maximum absolute atomic E-state index is 11.7. The molecule has 0 aliphatic carbocycles. The number of hydrogen-bond donors (Lipinski definition) is 1. The molecule has 76 valence electrons. The Hall–Kier alpha value is -2.17. The molecule has 2 aromatic rings. The highest BCUT2D eigenvalue weighted by Crippen LogP contribution is 2.04. The normalized spacial score (nSPS) is 9.93. The largest absolute Gasteiger partial charge is 0.303 e.